The largest absolute Gasteiger partial charge is 0.497 e. The summed E-state index contributed by atoms with van der Waals surface area (Å²) in [5.41, 5.74) is 0. The van der Waals surface area contributed by atoms with Gasteiger partial charge in [-0.05, 0) is 50.7 Å². The Morgan fingerprint density at radius 1 is 1.55 bits per heavy atom. The van der Waals surface area contributed by atoms with Crippen molar-refractivity contribution in [1.29, 1.82) is 0 Å². The molecule has 0 aliphatic carbocycles. The number of halogens is 2. The third-order valence-electron chi connectivity index (χ3n) is 1.22. The molecule has 0 aromatic heterocycles. The summed E-state index contributed by atoms with van der Waals surface area (Å²) >= 11 is 9.89. The molecule has 1 nitrogen and oxygen atoms in total. The van der Waals surface area contributed by atoms with E-state index in [4.69, 9.17) is 4.74 Å². The van der Waals surface area contributed by atoms with Crippen LogP contribution in [0.5, 0.6) is 5.75 Å². The van der Waals surface area contributed by atoms with Gasteiger partial charge in [-0.1, -0.05) is 0 Å². The Morgan fingerprint density at radius 2 is 2.18 bits per heavy atom. The molecule has 0 atom stereocenters. The molecule has 0 radical (unpaired) electrons. The van der Waals surface area contributed by atoms with Crippen molar-refractivity contribution in [3.8, 4) is 5.75 Å². The summed E-state index contributed by atoms with van der Waals surface area (Å²) < 4.78 is 7.18. The molecule has 1 rings (SSSR count). The van der Waals surface area contributed by atoms with Gasteiger partial charge in [-0.15, -0.1) is 12.6 Å². The number of thiol groups is 1. The van der Waals surface area contributed by atoms with Gasteiger partial charge >= 0.3 is 0 Å². The zero-order chi connectivity index (χ0) is 8.43. The van der Waals surface area contributed by atoms with Crippen LogP contribution in [-0.4, -0.2) is 7.11 Å². The Balaban J connectivity index is 3.21. The van der Waals surface area contributed by atoms with Crippen LogP contribution in [0.3, 0.4) is 0 Å². The van der Waals surface area contributed by atoms with Crippen LogP contribution in [0, 0.1) is 3.57 Å². The molecular weight excluding hydrogens is 339 g/mol. The highest BCUT2D eigenvalue weighted by molar-refractivity contribution is 14.1. The summed E-state index contributed by atoms with van der Waals surface area (Å²) in [5, 5.41) is 0. The van der Waals surface area contributed by atoms with Crippen molar-refractivity contribution in [2.24, 2.45) is 0 Å². The van der Waals surface area contributed by atoms with Gasteiger partial charge in [0.25, 0.3) is 0 Å². The Labute approximate surface area is 93.2 Å². The first kappa shape index (κ1) is 9.67. The first-order chi connectivity index (χ1) is 5.15. The van der Waals surface area contributed by atoms with Crippen molar-refractivity contribution < 1.29 is 4.74 Å². The Kier molecular flexibility index (Phi) is 3.52. The van der Waals surface area contributed by atoms with Crippen LogP contribution in [0.25, 0.3) is 0 Å². The minimum absolute atomic E-state index is 0.836. The monoisotopic (exact) mass is 344 g/mol. The first-order valence-corrected chi connectivity index (χ1v) is 5.19. The minimum atomic E-state index is 0.836. The van der Waals surface area contributed by atoms with Crippen LogP contribution in [-0.2, 0) is 0 Å². The van der Waals surface area contributed by atoms with Crippen molar-refractivity contribution in [3.05, 3.63) is 20.2 Å². The van der Waals surface area contributed by atoms with E-state index < -0.39 is 0 Å². The van der Waals surface area contributed by atoms with Gasteiger partial charge in [-0.2, -0.15) is 0 Å². The molecule has 0 saturated carbocycles. The molecule has 0 heterocycles. The fourth-order valence-electron chi connectivity index (χ4n) is 0.668. The summed E-state index contributed by atoms with van der Waals surface area (Å²) in [4.78, 5) is 0.897. The number of hydrogen-bond acceptors (Lipinski definition) is 2. The maximum absolute atomic E-state index is 5.06. The Morgan fingerprint density at radius 3 is 2.64 bits per heavy atom. The van der Waals surface area contributed by atoms with E-state index in [0.717, 1.165) is 18.7 Å². The van der Waals surface area contributed by atoms with Crippen LogP contribution in [0.1, 0.15) is 0 Å². The molecule has 0 N–H and O–H groups in total. The summed E-state index contributed by atoms with van der Waals surface area (Å²) in [5.74, 6) is 0.836. The lowest BCUT2D eigenvalue weighted by atomic mass is 10.3. The second-order valence-electron chi connectivity index (χ2n) is 1.94. The Bertz CT molecular complexity index is 254. The molecule has 0 spiro atoms. The first-order valence-electron chi connectivity index (χ1n) is 2.87. The minimum Gasteiger partial charge on any atom is -0.497 e. The summed E-state index contributed by atoms with van der Waals surface area (Å²) in [6.45, 7) is 0. The number of rotatable bonds is 1. The molecule has 4 heteroatoms. The van der Waals surface area contributed by atoms with E-state index in [1.165, 1.54) is 0 Å². The number of hydrogen-bond donors (Lipinski definition) is 1. The molecule has 0 amide bonds. The normalized spacial score (nSPS) is 9.82. The highest BCUT2D eigenvalue weighted by atomic mass is 127. The van der Waals surface area contributed by atoms with Gasteiger partial charge in [0.2, 0.25) is 0 Å². The van der Waals surface area contributed by atoms with E-state index in [2.05, 4.69) is 51.1 Å². The predicted octanol–water partition coefficient (Wildman–Crippen LogP) is 3.35. The molecule has 0 saturated heterocycles. The zero-order valence-corrected chi connectivity index (χ0v) is 10.4. The van der Waals surface area contributed by atoms with Gasteiger partial charge in [0.15, 0.2) is 0 Å². The third kappa shape index (κ3) is 2.26. The zero-order valence-electron chi connectivity index (χ0n) is 5.77. The molecule has 1 aromatic rings. The maximum atomic E-state index is 5.06. The highest BCUT2D eigenvalue weighted by Gasteiger charge is 2.03. The van der Waals surface area contributed by atoms with Crippen molar-refractivity contribution in [1.82, 2.24) is 0 Å². The van der Waals surface area contributed by atoms with E-state index in [0.29, 0.717) is 0 Å². The van der Waals surface area contributed by atoms with E-state index in [1.54, 1.807) is 7.11 Å². The molecular formula is C7H6BrIOS. The average molecular weight is 345 g/mol. The topological polar surface area (TPSA) is 9.23 Å². The summed E-state index contributed by atoms with van der Waals surface area (Å²) in [7, 11) is 1.65. The van der Waals surface area contributed by atoms with Crippen LogP contribution >= 0.6 is 51.1 Å². The van der Waals surface area contributed by atoms with Gasteiger partial charge in [0.1, 0.15) is 5.75 Å². The molecule has 0 aliphatic rings. The fourth-order valence-corrected chi connectivity index (χ4v) is 1.96. The SMILES string of the molecule is COc1cc(S)c(Br)c(I)c1. The van der Waals surface area contributed by atoms with Crippen LogP contribution in [0.4, 0.5) is 0 Å². The standard InChI is InChI=1S/C7H6BrIOS/c1-10-4-2-5(9)7(8)6(11)3-4/h2-3,11H,1H3. The summed E-state index contributed by atoms with van der Waals surface area (Å²) in [6, 6.07) is 3.82. The summed E-state index contributed by atoms with van der Waals surface area (Å²) in [6.07, 6.45) is 0. The molecule has 1 aromatic carbocycles. The smallest absolute Gasteiger partial charge is 0.121 e. The lowest BCUT2D eigenvalue weighted by Gasteiger charge is -2.04. The average Bonchev–Trinajstić information content (AvgIpc) is 1.99. The lowest BCUT2D eigenvalue weighted by molar-refractivity contribution is 0.413. The van der Waals surface area contributed by atoms with Crippen molar-refractivity contribution in [2.75, 3.05) is 7.11 Å². The van der Waals surface area contributed by atoms with Gasteiger partial charge in [0, 0.05) is 12.9 Å². The number of ether oxygens (including phenoxy) is 1. The van der Waals surface area contributed by atoms with E-state index >= 15 is 0 Å². The fraction of sp³-hybridized carbons (Fsp3) is 0.143. The van der Waals surface area contributed by atoms with Crippen LogP contribution in [0.15, 0.2) is 21.5 Å². The Hall–Kier alpha value is 0.580. The van der Waals surface area contributed by atoms with E-state index in [9.17, 15) is 0 Å². The maximum Gasteiger partial charge on any atom is 0.121 e. The van der Waals surface area contributed by atoms with E-state index in [-0.39, 0.29) is 0 Å². The van der Waals surface area contributed by atoms with Gasteiger partial charge < -0.3 is 4.74 Å². The molecule has 60 valence electrons. The molecule has 0 bridgehead atoms. The highest BCUT2D eigenvalue weighted by Crippen LogP contribution is 2.30. The van der Waals surface area contributed by atoms with Crippen molar-refractivity contribution >= 4 is 51.1 Å². The quantitative estimate of drug-likeness (QED) is 0.607. The van der Waals surface area contributed by atoms with Crippen LogP contribution in [0.2, 0.25) is 0 Å². The molecule has 0 unspecified atom stereocenters. The van der Waals surface area contributed by atoms with Gasteiger partial charge in [0.05, 0.1) is 7.11 Å². The second-order valence-corrected chi connectivity index (χ2v) is 4.38. The molecule has 0 aliphatic heterocycles. The lowest BCUT2D eigenvalue weighted by Crippen LogP contribution is -1.85. The second kappa shape index (κ2) is 4.00. The molecule has 11 heavy (non-hydrogen) atoms. The third-order valence-corrected chi connectivity index (χ3v) is 4.32. The van der Waals surface area contributed by atoms with Gasteiger partial charge in [-0.25, -0.2) is 0 Å². The van der Waals surface area contributed by atoms with E-state index in [1.807, 2.05) is 12.1 Å². The van der Waals surface area contributed by atoms with Crippen molar-refractivity contribution in [2.45, 2.75) is 4.90 Å². The number of benzene rings is 1. The molecule has 0 fully saturated rings. The van der Waals surface area contributed by atoms with Crippen molar-refractivity contribution in [3.63, 3.8) is 0 Å². The number of methoxy groups -OCH3 is 1. The van der Waals surface area contributed by atoms with Crippen LogP contribution < -0.4 is 4.74 Å². The van der Waals surface area contributed by atoms with Gasteiger partial charge in [-0.3, -0.25) is 0 Å². The predicted molar refractivity (Wildman–Crippen MR) is 60.7 cm³/mol.